The minimum Gasteiger partial charge on any atom is -0.454 e. The van der Waals surface area contributed by atoms with Crippen LogP contribution in [0.2, 0.25) is 0 Å². The van der Waals surface area contributed by atoms with Crippen molar-refractivity contribution in [2.24, 2.45) is 5.41 Å². The summed E-state index contributed by atoms with van der Waals surface area (Å²) in [7, 11) is 0. The molecule has 0 aromatic heterocycles. The SMILES string of the molecule is Cc1cc2c(cc1CCNCC(C)(C)C#N)OCO2. The zero-order valence-corrected chi connectivity index (χ0v) is 11.7. The van der Waals surface area contributed by atoms with E-state index in [1.807, 2.05) is 19.9 Å². The lowest BCUT2D eigenvalue weighted by Gasteiger charge is -2.16. The highest BCUT2D eigenvalue weighted by Crippen LogP contribution is 2.34. The van der Waals surface area contributed by atoms with Crippen LogP contribution in [0.15, 0.2) is 12.1 Å². The quantitative estimate of drug-likeness (QED) is 0.826. The van der Waals surface area contributed by atoms with Crippen LogP contribution >= 0.6 is 0 Å². The predicted molar refractivity (Wildman–Crippen MR) is 73.3 cm³/mol. The van der Waals surface area contributed by atoms with Crippen LogP contribution in [0.3, 0.4) is 0 Å². The van der Waals surface area contributed by atoms with Gasteiger partial charge in [0, 0.05) is 6.54 Å². The van der Waals surface area contributed by atoms with E-state index in [1.54, 1.807) is 0 Å². The van der Waals surface area contributed by atoms with Crippen molar-refractivity contribution in [2.75, 3.05) is 19.9 Å². The Bertz CT molecular complexity index is 504. The molecule has 1 aromatic rings. The summed E-state index contributed by atoms with van der Waals surface area (Å²) >= 11 is 0. The number of hydrogen-bond donors (Lipinski definition) is 1. The lowest BCUT2D eigenvalue weighted by molar-refractivity contribution is 0.174. The van der Waals surface area contributed by atoms with Crippen molar-refractivity contribution in [1.82, 2.24) is 5.32 Å². The minimum absolute atomic E-state index is 0.312. The Morgan fingerprint density at radius 3 is 2.68 bits per heavy atom. The largest absolute Gasteiger partial charge is 0.454 e. The number of benzene rings is 1. The van der Waals surface area contributed by atoms with Crippen molar-refractivity contribution in [3.8, 4) is 17.6 Å². The van der Waals surface area contributed by atoms with Crippen LogP contribution in [0.5, 0.6) is 11.5 Å². The molecule has 1 aliphatic heterocycles. The van der Waals surface area contributed by atoms with E-state index >= 15 is 0 Å². The lowest BCUT2D eigenvalue weighted by atomic mass is 9.96. The lowest BCUT2D eigenvalue weighted by Crippen LogP contribution is -2.29. The van der Waals surface area contributed by atoms with Crippen molar-refractivity contribution in [1.29, 1.82) is 5.26 Å². The van der Waals surface area contributed by atoms with Gasteiger partial charge in [0.2, 0.25) is 6.79 Å². The third-order valence-corrected chi connectivity index (χ3v) is 3.27. The second kappa shape index (κ2) is 5.50. The van der Waals surface area contributed by atoms with Gasteiger partial charge in [-0.3, -0.25) is 0 Å². The van der Waals surface area contributed by atoms with Crippen molar-refractivity contribution < 1.29 is 9.47 Å². The molecule has 0 saturated carbocycles. The molecule has 0 bridgehead atoms. The maximum Gasteiger partial charge on any atom is 0.231 e. The number of nitrogens with zero attached hydrogens (tertiary/aromatic N) is 1. The van der Waals surface area contributed by atoms with Crippen molar-refractivity contribution in [2.45, 2.75) is 27.2 Å². The summed E-state index contributed by atoms with van der Waals surface area (Å²) in [4.78, 5) is 0. The summed E-state index contributed by atoms with van der Waals surface area (Å²) in [5.41, 5.74) is 2.15. The summed E-state index contributed by atoms with van der Waals surface area (Å²) in [6, 6.07) is 6.36. The van der Waals surface area contributed by atoms with Crippen molar-refractivity contribution >= 4 is 0 Å². The zero-order chi connectivity index (χ0) is 13.9. The Morgan fingerprint density at radius 2 is 2.00 bits per heavy atom. The van der Waals surface area contributed by atoms with Crippen LogP contribution in [0.1, 0.15) is 25.0 Å². The average molecular weight is 260 g/mol. The summed E-state index contributed by atoms with van der Waals surface area (Å²) in [6.45, 7) is 7.82. The molecule has 1 heterocycles. The Hall–Kier alpha value is -1.73. The number of rotatable bonds is 5. The molecule has 0 fully saturated rings. The molecule has 4 heteroatoms. The van der Waals surface area contributed by atoms with E-state index in [9.17, 15) is 0 Å². The Kier molecular flexibility index (Phi) is 3.96. The second-order valence-electron chi connectivity index (χ2n) is 5.55. The topological polar surface area (TPSA) is 54.3 Å². The third-order valence-electron chi connectivity index (χ3n) is 3.27. The maximum atomic E-state index is 8.94. The summed E-state index contributed by atoms with van der Waals surface area (Å²) in [5.74, 6) is 1.66. The maximum absolute atomic E-state index is 8.94. The van der Waals surface area contributed by atoms with Gasteiger partial charge in [0.25, 0.3) is 0 Å². The van der Waals surface area contributed by atoms with E-state index in [0.717, 1.165) is 24.5 Å². The molecule has 19 heavy (non-hydrogen) atoms. The second-order valence-corrected chi connectivity index (χ2v) is 5.55. The molecule has 0 radical (unpaired) electrons. The standard InChI is InChI=1S/C15H20N2O2/c1-11-6-13-14(19-10-18-13)7-12(11)4-5-17-9-15(2,3)8-16/h6-7,17H,4-5,9-10H2,1-3H3. The number of aryl methyl sites for hydroxylation is 1. The molecule has 4 nitrogen and oxygen atoms in total. The van der Waals surface area contributed by atoms with Crippen LogP contribution in [-0.4, -0.2) is 19.9 Å². The highest BCUT2D eigenvalue weighted by Gasteiger charge is 2.17. The first-order valence-electron chi connectivity index (χ1n) is 6.53. The van der Waals surface area contributed by atoms with Crippen LogP contribution in [-0.2, 0) is 6.42 Å². The number of nitriles is 1. The van der Waals surface area contributed by atoms with Gasteiger partial charge in [-0.05, 0) is 57.0 Å². The first kappa shape index (κ1) is 13.7. The van der Waals surface area contributed by atoms with E-state index in [-0.39, 0.29) is 5.41 Å². The molecule has 0 aliphatic carbocycles. The van der Waals surface area contributed by atoms with E-state index < -0.39 is 0 Å². The Labute approximate surface area is 114 Å². The van der Waals surface area contributed by atoms with Gasteiger partial charge in [-0.2, -0.15) is 5.26 Å². The smallest absolute Gasteiger partial charge is 0.231 e. The number of nitrogens with one attached hydrogen (secondary N) is 1. The van der Waals surface area contributed by atoms with Gasteiger partial charge in [-0.25, -0.2) is 0 Å². The Balaban J connectivity index is 1.89. The molecule has 0 saturated heterocycles. The normalized spacial score (nSPS) is 13.4. The highest BCUT2D eigenvalue weighted by atomic mass is 16.7. The van der Waals surface area contributed by atoms with Gasteiger partial charge >= 0.3 is 0 Å². The van der Waals surface area contributed by atoms with Crippen LogP contribution in [0.25, 0.3) is 0 Å². The van der Waals surface area contributed by atoms with Crippen LogP contribution in [0, 0.1) is 23.7 Å². The average Bonchev–Trinajstić information content (AvgIpc) is 2.81. The van der Waals surface area contributed by atoms with Gasteiger partial charge in [0.1, 0.15) is 0 Å². The molecular formula is C15H20N2O2. The van der Waals surface area contributed by atoms with Crippen LogP contribution in [0.4, 0.5) is 0 Å². The zero-order valence-electron chi connectivity index (χ0n) is 11.7. The summed E-state index contributed by atoms with van der Waals surface area (Å²) in [6.07, 6.45) is 0.921. The van der Waals surface area contributed by atoms with Gasteiger partial charge < -0.3 is 14.8 Å². The summed E-state index contributed by atoms with van der Waals surface area (Å²) < 4.78 is 10.7. The van der Waals surface area contributed by atoms with Crippen molar-refractivity contribution in [3.05, 3.63) is 23.3 Å². The van der Waals surface area contributed by atoms with Crippen LogP contribution < -0.4 is 14.8 Å². The van der Waals surface area contributed by atoms with Gasteiger partial charge in [-0.15, -0.1) is 0 Å². The molecule has 2 rings (SSSR count). The number of fused-ring (bicyclic) bond motifs is 1. The van der Waals surface area contributed by atoms with E-state index in [4.69, 9.17) is 14.7 Å². The third kappa shape index (κ3) is 3.39. The van der Waals surface area contributed by atoms with Gasteiger partial charge in [0.05, 0.1) is 11.5 Å². The molecule has 1 aromatic carbocycles. The Morgan fingerprint density at radius 1 is 1.32 bits per heavy atom. The van der Waals surface area contributed by atoms with E-state index in [1.165, 1.54) is 11.1 Å². The summed E-state index contributed by atoms with van der Waals surface area (Å²) in [5, 5.41) is 12.3. The monoisotopic (exact) mass is 260 g/mol. The highest BCUT2D eigenvalue weighted by molar-refractivity contribution is 5.48. The number of hydrogen-bond acceptors (Lipinski definition) is 4. The molecule has 0 atom stereocenters. The van der Waals surface area contributed by atoms with E-state index in [0.29, 0.717) is 13.3 Å². The van der Waals surface area contributed by atoms with Crippen molar-refractivity contribution in [3.63, 3.8) is 0 Å². The predicted octanol–water partition coefficient (Wildman–Crippen LogP) is 2.41. The molecule has 0 spiro atoms. The molecular weight excluding hydrogens is 240 g/mol. The van der Waals surface area contributed by atoms with Gasteiger partial charge in [-0.1, -0.05) is 0 Å². The molecule has 0 unspecified atom stereocenters. The molecule has 102 valence electrons. The fourth-order valence-corrected chi connectivity index (χ4v) is 2.02. The number of ether oxygens (including phenoxy) is 2. The fraction of sp³-hybridized carbons (Fsp3) is 0.533. The molecule has 0 amide bonds. The van der Waals surface area contributed by atoms with Gasteiger partial charge in [0.15, 0.2) is 11.5 Å². The van der Waals surface area contributed by atoms with E-state index in [2.05, 4.69) is 24.4 Å². The molecule has 1 aliphatic rings. The first-order chi connectivity index (χ1) is 9.02. The first-order valence-corrected chi connectivity index (χ1v) is 6.53. The molecule has 1 N–H and O–H groups in total. The minimum atomic E-state index is -0.316. The fourth-order valence-electron chi connectivity index (χ4n) is 2.02.